The van der Waals surface area contributed by atoms with Crippen LogP contribution in [0.15, 0.2) is 85.1 Å². The lowest BCUT2D eigenvalue weighted by Gasteiger charge is -2.46. The van der Waals surface area contributed by atoms with Crippen molar-refractivity contribution in [1.82, 2.24) is 14.9 Å². The van der Waals surface area contributed by atoms with Gasteiger partial charge in [0.15, 0.2) is 0 Å². The van der Waals surface area contributed by atoms with Crippen molar-refractivity contribution >= 4 is 22.8 Å². The summed E-state index contributed by atoms with van der Waals surface area (Å²) in [5, 5.41) is 0. The van der Waals surface area contributed by atoms with Crippen LogP contribution in [-0.2, 0) is 4.74 Å². The highest BCUT2D eigenvalue weighted by Crippen LogP contribution is 2.28. The molecule has 1 aromatic heterocycles. The number of fused-ring (bicyclic) bond motifs is 3. The van der Waals surface area contributed by atoms with Crippen LogP contribution < -0.4 is 4.90 Å². The Balaban J connectivity index is 1.22. The Hall–Kier alpha value is -3.77. The Kier molecular flexibility index (Phi) is 5.00. The van der Waals surface area contributed by atoms with Crippen LogP contribution in [0.4, 0.5) is 5.82 Å². The zero-order valence-corrected chi connectivity index (χ0v) is 18.2. The Labute approximate surface area is 192 Å². The van der Waals surface area contributed by atoms with Crippen LogP contribution in [-0.4, -0.2) is 59.2 Å². The molecule has 2 fully saturated rings. The van der Waals surface area contributed by atoms with Crippen LogP contribution in [0.1, 0.15) is 10.4 Å². The first-order valence-corrected chi connectivity index (χ1v) is 11.3. The third-order valence-electron chi connectivity index (χ3n) is 6.37. The van der Waals surface area contributed by atoms with Crippen LogP contribution in [0, 0.1) is 0 Å². The van der Waals surface area contributed by atoms with Crippen molar-refractivity contribution in [3.63, 3.8) is 0 Å². The van der Waals surface area contributed by atoms with E-state index in [9.17, 15) is 4.79 Å². The average molecular weight is 437 g/mol. The normalized spacial score (nSPS) is 20.1. The summed E-state index contributed by atoms with van der Waals surface area (Å²) in [6.07, 6.45) is 1.72. The topological polar surface area (TPSA) is 58.6 Å². The van der Waals surface area contributed by atoms with Crippen LogP contribution in [0.25, 0.3) is 22.2 Å². The van der Waals surface area contributed by atoms with Crippen LogP contribution in [0.2, 0.25) is 0 Å². The molecule has 4 aromatic rings. The van der Waals surface area contributed by atoms with Gasteiger partial charge in [-0.05, 0) is 29.3 Å². The lowest BCUT2D eigenvalue weighted by Crippen LogP contribution is -2.60. The fraction of sp³-hybridized carbons (Fsp3) is 0.222. The third kappa shape index (κ3) is 3.83. The molecule has 6 rings (SSSR count). The first kappa shape index (κ1) is 19.9. The molecule has 164 valence electrons. The van der Waals surface area contributed by atoms with Crippen molar-refractivity contribution in [3.05, 3.63) is 90.6 Å². The second-order valence-electron chi connectivity index (χ2n) is 8.62. The molecular weight excluding hydrogens is 412 g/mol. The number of carbonyl (C=O) groups excluding carboxylic acids is 1. The van der Waals surface area contributed by atoms with Gasteiger partial charge in [-0.1, -0.05) is 60.7 Å². The molecule has 0 saturated carbocycles. The van der Waals surface area contributed by atoms with E-state index in [1.807, 2.05) is 90.0 Å². The summed E-state index contributed by atoms with van der Waals surface area (Å²) in [5.74, 6) is 0.924. The second kappa shape index (κ2) is 8.30. The Bertz CT molecular complexity index is 1300. The molecule has 6 heteroatoms. The fourth-order valence-corrected chi connectivity index (χ4v) is 4.85. The minimum Gasteiger partial charge on any atom is -0.368 e. The predicted molar refractivity (Wildman–Crippen MR) is 128 cm³/mol. The van der Waals surface area contributed by atoms with Gasteiger partial charge >= 0.3 is 0 Å². The minimum atomic E-state index is -0.0568. The van der Waals surface area contributed by atoms with Gasteiger partial charge in [-0.2, -0.15) is 0 Å². The maximum atomic E-state index is 13.6. The standard InChI is InChI=1S/C27H24N4O2/c32-27(23-11-5-4-10-22(23)19-8-2-1-3-9-19)31-17-20-15-30(16-21(18-31)33-20)26-14-28-24-12-6-7-13-25(24)29-26/h1-14,20-21H,15-18H2. The highest BCUT2D eigenvalue weighted by molar-refractivity contribution is 6.01. The number of aromatic nitrogens is 2. The van der Waals surface area contributed by atoms with Gasteiger partial charge < -0.3 is 14.5 Å². The Morgan fingerprint density at radius 3 is 2.24 bits per heavy atom. The van der Waals surface area contributed by atoms with Crippen molar-refractivity contribution in [2.45, 2.75) is 12.2 Å². The molecule has 2 bridgehead atoms. The summed E-state index contributed by atoms with van der Waals surface area (Å²) in [5.41, 5.74) is 4.54. The molecule has 0 aliphatic carbocycles. The Morgan fingerprint density at radius 1 is 0.788 bits per heavy atom. The molecule has 6 nitrogen and oxygen atoms in total. The lowest BCUT2D eigenvalue weighted by molar-refractivity contribution is -0.0847. The van der Waals surface area contributed by atoms with Gasteiger partial charge in [0.25, 0.3) is 5.91 Å². The fourth-order valence-electron chi connectivity index (χ4n) is 4.85. The van der Waals surface area contributed by atoms with Gasteiger partial charge in [0.2, 0.25) is 0 Å². The number of morpholine rings is 2. The molecular formula is C27H24N4O2. The SMILES string of the molecule is O=C(c1ccccc1-c1ccccc1)N1CC2CN(c3cnc4ccccc4n3)CC(C1)O2. The maximum Gasteiger partial charge on any atom is 0.254 e. The van der Waals surface area contributed by atoms with Gasteiger partial charge in [-0.15, -0.1) is 0 Å². The van der Waals surface area contributed by atoms with E-state index >= 15 is 0 Å². The van der Waals surface area contributed by atoms with E-state index in [4.69, 9.17) is 9.72 Å². The van der Waals surface area contributed by atoms with E-state index in [1.165, 1.54) is 0 Å². The molecule has 2 unspecified atom stereocenters. The number of amides is 1. The maximum absolute atomic E-state index is 13.6. The first-order chi connectivity index (χ1) is 16.2. The smallest absolute Gasteiger partial charge is 0.254 e. The molecule has 3 aromatic carbocycles. The third-order valence-corrected chi connectivity index (χ3v) is 6.37. The highest BCUT2D eigenvalue weighted by atomic mass is 16.5. The molecule has 33 heavy (non-hydrogen) atoms. The van der Waals surface area contributed by atoms with E-state index in [2.05, 4.69) is 9.88 Å². The number of nitrogens with zero attached hydrogens (tertiary/aromatic N) is 4. The van der Waals surface area contributed by atoms with Crippen molar-refractivity contribution in [3.8, 4) is 11.1 Å². The average Bonchev–Trinajstić information content (AvgIpc) is 2.88. The van der Waals surface area contributed by atoms with Gasteiger partial charge in [0, 0.05) is 31.7 Å². The van der Waals surface area contributed by atoms with Gasteiger partial charge in [-0.3, -0.25) is 9.78 Å². The summed E-state index contributed by atoms with van der Waals surface area (Å²) in [6, 6.07) is 25.8. The van der Waals surface area contributed by atoms with Gasteiger partial charge in [0.1, 0.15) is 5.82 Å². The molecule has 2 saturated heterocycles. The molecule has 1 amide bonds. The predicted octanol–water partition coefficient (Wildman–Crippen LogP) is 4.03. The van der Waals surface area contributed by atoms with E-state index in [-0.39, 0.29) is 18.1 Å². The van der Waals surface area contributed by atoms with E-state index < -0.39 is 0 Å². The Morgan fingerprint density at radius 2 is 1.45 bits per heavy atom. The van der Waals surface area contributed by atoms with Crippen molar-refractivity contribution in [1.29, 1.82) is 0 Å². The zero-order valence-electron chi connectivity index (χ0n) is 18.2. The number of benzene rings is 3. The number of ether oxygens (including phenoxy) is 1. The molecule has 2 aliphatic rings. The molecule has 0 N–H and O–H groups in total. The minimum absolute atomic E-state index is 0.0568. The quantitative estimate of drug-likeness (QED) is 0.485. The molecule has 2 atom stereocenters. The lowest BCUT2D eigenvalue weighted by atomic mass is 9.98. The number of hydrogen-bond acceptors (Lipinski definition) is 5. The highest BCUT2D eigenvalue weighted by Gasteiger charge is 2.38. The van der Waals surface area contributed by atoms with Crippen molar-refractivity contribution < 1.29 is 9.53 Å². The monoisotopic (exact) mass is 436 g/mol. The number of rotatable bonds is 3. The van der Waals surface area contributed by atoms with Crippen molar-refractivity contribution in [2.75, 3.05) is 31.1 Å². The number of carbonyl (C=O) groups is 1. The van der Waals surface area contributed by atoms with Crippen LogP contribution >= 0.6 is 0 Å². The first-order valence-electron chi connectivity index (χ1n) is 11.3. The van der Waals surface area contributed by atoms with E-state index in [0.717, 1.165) is 33.5 Å². The van der Waals surface area contributed by atoms with Gasteiger partial charge in [-0.25, -0.2) is 4.98 Å². The largest absolute Gasteiger partial charge is 0.368 e. The van der Waals surface area contributed by atoms with Crippen LogP contribution in [0.3, 0.4) is 0 Å². The van der Waals surface area contributed by atoms with E-state index in [1.54, 1.807) is 0 Å². The van der Waals surface area contributed by atoms with Crippen molar-refractivity contribution in [2.24, 2.45) is 0 Å². The van der Waals surface area contributed by atoms with Crippen LogP contribution in [0.5, 0.6) is 0 Å². The summed E-state index contributed by atoms with van der Waals surface area (Å²) in [7, 11) is 0. The summed E-state index contributed by atoms with van der Waals surface area (Å²) >= 11 is 0. The van der Waals surface area contributed by atoms with Gasteiger partial charge in [0.05, 0.1) is 29.4 Å². The van der Waals surface area contributed by atoms with E-state index in [0.29, 0.717) is 26.2 Å². The summed E-state index contributed by atoms with van der Waals surface area (Å²) in [4.78, 5) is 27.1. The molecule has 0 radical (unpaired) electrons. The molecule has 0 spiro atoms. The molecule has 3 heterocycles. The number of hydrogen-bond donors (Lipinski definition) is 0. The second-order valence-corrected chi connectivity index (χ2v) is 8.62. The number of para-hydroxylation sites is 2. The summed E-state index contributed by atoms with van der Waals surface area (Å²) < 4.78 is 6.21. The summed E-state index contributed by atoms with van der Waals surface area (Å²) in [6.45, 7) is 2.51. The zero-order chi connectivity index (χ0) is 22.2. The number of anilines is 1. The molecule has 2 aliphatic heterocycles.